The fraction of sp³-hybridized carbons (Fsp3) is 0.300. The van der Waals surface area contributed by atoms with Gasteiger partial charge in [-0.1, -0.05) is 0 Å². The molecule has 0 radical (unpaired) electrons. The molecule has 2 aromatic rings. The number of H-pyrrole nitrogens is 1. The Balaban J connectivity index is 2.31. The van der Waals surface area contributed by atoms with Gasteiger partial charge in [-0.05, 0) is 53.7 Å². The van der Waals surface area contributed by atoms with Crippen molar-refractivity contribution in [1.29, 1.82) is 0 Å². The molecule has 0 saturated carbocycles. The number of nitrogens with one attached hydrogen (secondary N) is 1. The van der Waals surface area contributed by atoms with Gasteiger partial charge in [-0.15, -0.1) is 5.10 Å². The summed E-state index contributed by atoms with van der Waals surface area (Å²) in [4.78, 5) is 15.8. The first-order valence-corrected chi connectivity index (χ1v) is 6.69. The van der Waals surface area contributed by atoms with Crippen LogP contribution in [0.1, 0.15) is 12.6 Å². The Bertz CT molecular complexity index is 592. The molecule has 7 heteroatoms. The Kier molecular flexibility index (Phi) is 3.68. The Labute approximate surface area is 111 Å². The van der Waals surface area contributed by atoms with Gasteiger partial charge in [0.15, 0.2) is 5.16 Å². The van der Waals surface area contributed by atoms with E-state index in [1.54, 1.807) is 4.57 Å². The minimum atomic E-state index is -0.191. The zero-order chi connectivity index (χ0) is 12.4. The van der Waals surface area contributed by atoms with E-state index in [1.807, 2.05) is 26.0 Å². The number of hydrogen-bond acceptors (Lipinski definition) is 4. The SMILES string of the molecule is CCn1c(Sc2ccc(Br)c(C)n2)n[nH]c1=O. The highest BCUT2D eigenvalue weighted by atomic mass is 79.9. The van der Waals surface area contributed by atoms with Crippen molar-refractivity contribution in [3.63, 3.8) is 0 Å². The van der Waals surface area contributed by atoms with Crippen LogP contribution in [0.5, 0.6) is 0 Å². The van der Waals surface area contributed by atoms with Crippen LogP contribution in [0.2, 0.25) is 0 Å². The molecule has 0 amide bonds. The summed E-state index contributed by atoms with van der Waals surface area (Å²) in [6.45, 7) is 4.42. The standard InChI is InChI=1S/C10H11BrN4OS/c1-3-15-9(16)13-14-10(15)17-8-5-4-7(11)6(2)12-8/h4-5H,3H2,1-2H3,(H,13,16). The first-order chi connectivity index (χ1) is 8.11. The van der Waals surface area contributed by atoms with Crippen molar-refractivity contribution in [2.24, 2.45) is 0 Å². The lowest BCUT2D eigenvalue weighted by Gasteiger charge is -2.03. The van der Waals surface area contributed by atoms with Gasteiger partial charge in [-0.2, -0.15) is 0 Å². The van der Waals surface area contributed by atoms with E-state index in [9.17, 15) is 4.79 Å². The molecule has 0 atom stereocenters. The molecule has 2 aromatic heterocycles. The largest absolute Gasteiger partial charge is 0.343 e. The second-order valence-corrected chi connectivity index (χ2v) is 5.22. The molecule has 0 fully saturated rings. The molecule has 0 aromatic carbocycles. The molecule has 5 nitrogen and oxygen atoms in total. The molecule has 0 saturated heterocycles. The van der Waals surface area contributed by atoms with Gasteiger partial charge in [0.1, 0.15) is 5.03 Å². The highest BCUT2D eigenvalue weighted by Gasteiger charge is 2.09. The van der Waals surface area contributed by atoms with Gasteiger partial charge in [0.05, 0.1) is 5.69 Å². The first-order valence-electron chi connectivity index (χ1n) is 5.08. The number of aromatic amines is 1. The summed E-state index contributed by atoms with van der Waals surface area (Å²) in [5.41, 5.74) is 0.722. The number of aryl methyl sites for hydroxylation is 1. The third-order valence-corrected chi connectivity index (χ3v) is 4.00. The van der Waals surface area contributed by atoms with Crippen LogP contribution >= 0.6 is 27.7 Å². The molecule has 2 heterocycles. The highest BCUT2D eigenvalue weighted by molar-refractivity contribution is 9.10. The number of halogens is 1. The summed E-state index contributed by atoms with van der Waals surface area (Å²) < 4.78 is 2.54. The van der Waals surface area contributed by atoms with Gasteiger partial charge in [0.2, 0.25) is 0 Å². The number of aromatic nitrogens is 4. The van der Waals surface area contributed by atoms with E-state index in [-0.39, 0.29) is 5.69 Å². The summed E-state index contributed by atoms with van der Waals surface area (Å²) in [6.07, 6.45) is 0. The monoisotopic (exact) mass is 314 g/mol. The van der Waals surface area contributed by atoms with Crippen molar-refractivity contribution in [3.05, 3.63) is 32.8 Å². The number of nitrogens with zero attached hydrogens (tertiary/aromatic N) is 3. The van der Waals surface area contributed by atoms with Crippen molar-refractivity contribution in [2.45, 2.75) is 30.6 Å². The van der Waals surface area contributed by atoms with E-state index in [0.29, 0.717) is 11.7 Å². The van der Waals surface area contributed by atoms with Crippen molar-refractivity contribution in [1.82, 2.24) is 19.7 Å². The molecule has 17 heavy (non-hydrogen) atoms. The lowest BCUT2D eigenvalue weighted by molar-refractivity contribution is 0.660. The topological polar surface area (TPSA) is 63.6 Å². The van der Waals surface area contributed by atoms with Crippen LogP contribution < -0.4 is 5.69 Å². The van der Waals surface area contributed by atoms with Crippen LogP contribution in [0.25, 0.3) is 0 Å². The smallest absolute Gasteiger partial charge is 0.270 e. The molecule has 0 aliphatic carbocycles. The maximum Gasteiger partial charge on any atom is 0.343 e. The maximum atomic E-state index is 11.4. The van der Waals surface area contributed by atoms with E-state index >= 15 is 0 Å². The van der Waals surface area contributed by atoms with Crippen molar-refractivity contribution < 1.29 is 0 Å². The fourth-order valence-corrected chi connectivity index (χ4v) is 2.47. The Morgan fingerprint density at radius 1 is 1.53 bits per heavy atom. The molecule has 2 rings (SSSR count). The zero-order valence-corrected chi connectivity index (χ0v) is 11.8. The van der Waals surface area contributed by atoms with Crippen LogP contribution in [0.3, 0.4) is 0 Å². The van der Waals surface area contributed by atoms with Crippen molar-refractivity contribution in [3.8, 4) is 0 Å². The number of hydrogen-bond donors (Lipinski definition) is 1. The summed E-state index contributed by atoms with van der Waals surface area (Å²) in [6, 6.07) is 3.83. The van der Waals surface area contributed by atoms with Gasteiger partial charge in [0.25, 0.3) is 0 Å². The second-order valence-electron chi connectivity index (χ2n) is 3.37. The van der Waals surface area contributed by atoms with Gasteiger partial charge in [-0.25, -0.2) is 14.9 Å². The second kappa shape index (κ2) is 5.05. The van der Waals surface area contributed by atoms with Crippen LogP contribution in [0.15, 0.2) is 31.6 Å². The number of rotatable bonds is 3. The van der Waals surface area contributed by atoms with Gasteiger partial charge < -0.3 is 0 Å². The van der Waals surface area contributed by atoms with E-state index < -0.39 is 0 Å². The first kappa shape index (κ1) is 12.4. The van der Waals surface area contributed by atoms with Crippen molar-refractivity contribution in [2.75, 3.05) is 0 Å². The van der Waals surface area contributed by atoms with E-state index in [0.717, 1.165) is 15.2 Å². The predicted molar refractivity (Wildman–Crippen MR) is 69.3 cm³/mol. The Morgan fingerprint density at radius 2 is 2.29 bits per heavy atom. The third kappa shape index (κ3) is 2.61. The summed E-state index contributed by atoms with van der Waals surface area (Å²) in [5.74, 6) is 0. The average molecular weight is 315 g/mol. The molecule has 0 spiro atoms. The Morgan fingerprint density at radius 3 is 2.94 bits per heavy atom. The minimum Gasteiger partial charge on any atom is -0.270 e. The van der Waals surface area contributed by atoms with Crippen molar-refractivity contribution >= 4 is 27.7 Å². The average Bonchev–Trinajstić information content (AvgIpc) is 2.64. The van der Waals surface area contributed by atoms with E-state index in [4.69, 9.17) is 0 Å². The lowest BCUT2D eigenvalue weighted by atomic mass is 10.4. The summed E-state index contributed by atoms with van der Waals surface area (Å²) >= 11 is 4.77. The third-order valence-electron chi connectivity index (χ3n) is 2.23. The molecule has 0 bridgehead atoms. The lowest BCUT2D eigenvalue weighted by Crippen LogP contribution is -2.16. The maximum absolute atomic E-state index is 11.4. The van der Waals surface area contributed by atoms with Crippen LogP contribution in [-0.2, 0) is 6.54 Å². The highest BCUT2D eigenvalue weighted by Crippen LogP contribution is 2.25. The fourth-order valence-electron chi connectivity index (χ4n) is 1.33. The molecule has 0 aliphatic heterocycles. The zero-order valence-electron chi connectivity index (χ0n) is 9.40. The van der Waals surface area contributed by atoms with Gasteiger partial charge >= 0.3 is 5.69 Å². The molecule has 90 valence electrons. The normalized spacial score (nSPS) is 10.8. The number of pyridine rings is 1. The molecular weight excluding hydrogens is 304 g/mol. The Hall–Kier alpha value is -1.08. The van der Waals surface area contributed by atoms with Crippen LogP contribution in [-0.4, -0.2) is 19.7 Å². The predicted octanol–water partition coefficient (Wildman–Crippen LogP) is 2.21. The molecule has 1 N–H and O–H groups in total. The van der Waals surface area contributed by atoms with Crippen LogP contribution in [0, 0.1) is 6.92 Å². The molecular formula is C10H11BrN4OS. The van der Waals surface area contributed by atoms with Gasteiger partial charge in [0, 0.05) is 11.0 Å². The van der Waals surface area contributed by atoms with E-state index in [1.165, 1.54) is 11.8 Å². The van der Waals surface area contributed by atoms with E-state index in [2.05, 4.69) is 31.1 Å². The summed E-state index contributed by atoms with van der Waals surface area (Å²) in [7, 11) is 0. The molecule has 0 unspecified atom stereocenters. The van der Waals surface area contributed by atoms with Crippen LogP contribution in [0.4, 0.5) is 0 Å². The minimum absolute atomic E-state index is 0.191. The molecule has 0 aliphatic rings. The quantitative estimate of drug-likeness (QED) is 0.943. The van der Waals surface area contributed by atoms with Gasteiger partial charge in [-0.3, -0.25) is 4.57 Å². The summed E-state index contributed by atoms with van der Waals surface area (Å²) in [5, 5.41) is 7.85.